The zero-order valence-corrected chi connectivity index (χ0v) is 18.0. The minimum Gasteiger partial charge on any atom is -0.491 e. The Balaban J connectivity index is 1.37. The van der Waals surface area contributed by atoms with Crippen LogP contribution in [-0.2, 0) is 15.1 Å². The average Bonchev–Trinajstić information content (AvgIpc) is 3.32. The Labute approximate surface area is 183 Å². The molecule has 1 N–H and O–H groups in total. The van der Waals surface area contributed by atoms with Gasteiger partial charge < -0.3 is 19.7 Å². The van der Waals surface area contributed by atoms with E-state index in [1.165, 1.54) is 0 Å². The van der Waals surface area contributed by atoms with Crippen LogP contribution in [0.1, 0.15) is 48.5 Å². The summed E-state index contributed by atoms with van der Waals surface area (Å²) in [6.07, 6.45) is 3.66. The van der Waals surface area contributed by atoms with E-state index in [1.54, 1.807) is 6.92 Å². The van der Waals surface area contributed by atoms with Crippen LogP contribution in [0.4, 0.5) is 0 Å². The fraction of sp³-hybridized carbons (Fsp3) is 0.440. The van der Waals surface area contributed by atoms with E-state index in [1.807, 2.05) is 59.5 Å². The summed E-state index contributed by atoms with van der Waals surface area (Å²) >= 11 is 0. The van der Waals surface area contributed by atoms with Crippen LogP contribution in [0.2, 0.25) is 0 Å². The standard InChI is InChI=1S/C25H30N2O4/c1-19(28)26-25(21-6-3-2-4-7-21)13-15-27(16-14-25)24(29)20-9-11-22(12-10-20)31-18-23-8-5-17-30-23/h2-4,6-7,9-12,23H,5,8,13-18H2,1H3,(H,26,28). The third kappa shape index (κ3) is 5.07. The van der Waals surface area contributed by atoms with Crippen molar-refractivity contribution >= 4 is 11.8 Å². The van der Waals surface area contributed by atoms with Crippen molar-refractivity contribution in [2.24, 2.45) is 0 Å². The van der Waals surface area contributed by atoms with Crippen LogP contribution in [0.15, 0.2) is 54.6 Å². The molecule has 1 unspecified atom stereocenters. The zero-order valence-electron chi connectivity index (χ0n) is 18.0. The molecule has 6 nitrogen and oxygen atoms in total. The Morgan fingerprint density at radius 3 is 2.42 bits per heavy atom. The molecule has 2 saturated heterocycles. The third-order valence-electron chi connectivity index (χ3n) is 6.21. The van der Waals surface area contributed by atoms with Gasteiger partial charge in [0.15, 0.2) is 0 Å². The molecule has 2 aromatic carbocycles. The van der Waals surface area contributed by atoms with Gasteiger partial charge in [-0.15, -0.1) is 0 Å². The second-order valence-corrected chi connectivity index (χ2v) is 8.39. The number of ether oxygens (including phenoxy) is 2. The molecule has 31 heavy (non-hydrogen) atoms. The predicted octanol–water partition coefficient (Wildman–Crippen LogP) is 3.51. The first-order valence-corrected chi connectivity index (χ1v) is 11.0. The Morgan fingerprint density at radius 2 is 1.81 bits per heavy atom. The van der Waals surface area contributed by atoms with Crippen LogP contribution < -0.4 is 10.1 Å². The van der Waals surface area contributed by atoms with Crippen molar-refractivity contribution in [3.63, 3.8) is 0 Å². The Bertz CT molecular complexity index is 883. The van der Waals surface area contributed by atoms with Crippen molar-refractivity contribution in [2.45, 2.75) is 44.2 Å². The number of nitrogens with one attached hydrogen (secondary N) is 1. The van der Waals surface area contributed by atoms with Gasteiger partial charge in [0, 0.05) is 32.2 Å². The topological polar surface area (TPSA) is 67.9 Å². The van der Waals surface area contributed by atoms with Crippen molar-refractivity contribution in [3.05, 3.63) is 65.7 Å². The lowest BCUT2D eigenvalue weighted by Gasteiger charge is -2.42. The number of benzene rings is 2. The molecule has 2 fully saturated rings. The third-order valence-corrected chi connectivity index (χ3v) is 6.21. The lowest BCUT2D eigenvalue weighted by atomic mass is 9.80. The summed E-state index contributed by atoms with van der Waals surface area (Å²) in [6, 6.07) is 17.4. The monoisotopic (exact) mass is 422 g/mol. The van der Waals surface area contributed by atoms with Gasteiger partial charge in [-0.1, -0.05) is 30.3 Å². The number of amides is 2. The first kappa shape index (κ1) is 21.4. The fourth-order valence-electron chi connectivity index (χ4n) is 4.51. The van der Waals surface area contributed by atoms with E-state index in [-0.39, 0.29) is 17.9 Å². The molecule has 2 heterocycles. The number of piperidine rings is 1. The summed E-state index contributed by atoms with van der Waals surface area (Å²) in [5.41, 5.74) is 1.31. The van der Waals surface area contributed by atoms with Crippen molar-refractivity contribution in [1.82, 2.24) is 10.2 Å². The van der Waals surface area contributed by atoms with Crippen LogP contribution in [0.25, 0.3) is 0 Å². The second-order valence-electron chi connectivity index (χ2n) is 8.39. The molecule has 2 aromatic rings. The number of hydrogen-bond acceptors (Lipinski definition) is 4. The van der Waals surface area contributed by atoms with E-state index < -0.39 is 5.54 Å². The van der Waals surface area contributed by atoms with Crippen molar-refractivity contribution in [1.29, 1.82) is 0 Å². The van der Waals surface area contributed by atoms with E-state index in [0.717, 1.165) is 30.8 Å². The summed E-state index contributed by atoms with van der Waals surface area (Å²) in [5, 5.41) is 3.15. The molecule has 6 heteroatoms. The normalized spacial score (nSPS) is 20.3. The average molecular weight is 423 g/mol. The fourth-order valence-corrected chi connectivity index (χ4v) is 4.51. The largest absolute Gasteiger partial charge is 0.491 e. The Hall–Kier alpha value is -2.86. The van der Waals surface area contributed by atoms with Gasteiger partial charge in [-0.25, -0.2) is 0 Å². The van der Waals surface area contributed by atoms with Crippen LogP contribution in [0.5, 0.6) is 5.75 Å². The minimum absolute atomic E-state index is 0.00941. The highest BCUT2D eigenvalue weighted by Crippen LogP contribution is 2.33. The maximum atomic E-state index is 13.0. The Kier molecular flexibility index (Phi) is 6.56. The molecule has 1 atom stereocenters. The highest BCUT2D eigenvalue weighted by Gasteiger charge is 2.38. The second kappa shape index (κ2) is 9.52. The summed E-state index contributed by atoms with van der Waals surface area (Å²) in [4.78, 5) is 26.8. The number of likely N-dealkylation sites (tertiary alicyclic amines) is 1. The van der Waals surface area contributed by atoms with Crippen LogP contribution >= 0.6 is 0 Å². The Morgan fingerprint density at radius 1 is 1.10 bits per heavy atom. The van der Waals surface area contributed by atoms with Crippen LogP contribution in [-0.4, -0.2) is 49.1 Å². The first-order valence-electron chi connectivity index (χ1n) is 11.0. The number of hydrogen-bond donors (Lipinski definition) is 1. The zero-order chi connectivity index (χ0) is 21.7. The molecule has 2 aliphatic rings. The van der Waals surface area contributed by atoms with Crippen molar-refractivity contribution < 1.29 is 19.1 Å². The molecule has 0 radical (unpaired) electrons. The molecular formula is C25H30N2O4. The SMILES string of the molecule is CC(=O)NC1(c2ccccc2)CCN(C(=O)c2ccc(OCC3CCCO3)cc2)CC1. The predicted molar refractivity (Wildman–Crippen MR) is 118 cm³/mol. The molecule has 2 aliphatic heterocycles. The van der Waals surface area contributed by atoms with Gasteiger partial charge in [0.2, 0.25) is 5.91 Å². The van der Waals surface area contributed by atoms with Gasteiger partial charge in [-0.2, -0.15) is 0 Å². The number of carbonyl (C=O) groups is 2. The van der Waals surface area contributed by atoms with Crippen molar-refractivity contribution in [3.8, 4) is 5.75 Å². The summed E-state index contributed by atoms with van der Waals surface area (Å²) < 4.78 is 11.4. The van der Waals surface area contributed by atoms with Gasteiger partial charge >= 0.3 is 0 Å². The molecule has 0 saturated carbocycles. The smallest absolute Gasteiger partial charge is 0.253 e. The lowest BCUT2D eigenvalue weighted by Crippen LogP contribution is -2.53. The molecule has 164 valence electrons. The van der Waals surface area contributed by atoms with Crippen LogP contribution in [0.3, 0.4) is 0 Å². The molecule has 0 spiro atoms. The maximum Gasteiger partial charge on any atom is 0.253 e. The minimum atomic E-state index is -0.427. The van der Waals surface area contributed by atoms with Gasteiger partial charge in [-0.3, -0.25) is 9.59 Å². The molecular weight excluding hydrogens is 392 g/mol. The van der Waals surface area contributed by atoms with Crippen molar-refractivity contribution in [2.75, 3.05) is 26.3 Å². The molecule has 0 aliphatic carbocycles. The first-order chi connectivity index (χ1) is 15.1. The van der Waals surface area contributed by atoms with E-state index in [9.17, 15) is 9.59 Å². The highest BCUT2D eigenvalue weighted by molar-refractivity contribution is 5.94. The number of rotatable bonds is 6. The summed E-state index contributed by atoms with van der Waals surface area (Å²) in [7, 11) is 0. The van der Waals surface area contributed by atoms with E-state index in [0.29, 0.717) is 38.1 Å². The van der Waals surface area contributed by atoms with Gasteiger partial charge in [0.05, 0.1) is 11.6 Å². The molecule has 0 aromatic heterocycles. The van der Waals surface area contributed by atoms with E-state index >= 15 is 0 Å². The van der Waals surface area contributed by atoms with Crippen LogP contribution in [0, 0.1) is 0 Å². The van der Waals surface area contributed by atoms with E-state index in [2.05, 4.69) is 5.32 Å². The molecule has 0 bridgehead atoms. The number of carbonyl (C=O) groups excluding carboxylic acids is 2. The lowest BCUT2D eigenvalue weighted by molar-refractivity contribution is -0.121. The number of nitrogens with zero attached hydrogens (tertiary/aromatic N) is 1. The van der Waals surface area contributed by atoms with Gasteiger partial charge in [0.25, 0.3) is 5.91 Å². The van der Waals surface area contributed by atoms with Gasteiger partial charge in [-0.05, 0) is 55.5 Å². The quantitative estimate of drug-likeness (QED) is 0.774. The maximum absolute atomic E-state index is 13.0. The molecule has 2 amide bonds. The summed E-state index contributed by atoms with van der Waals surface area (Å²) in [6.45, 7) is 4.08. The van der Waals surface area contributed by atoms with Gasteiger partial charge in [0.1, 0.15) is 12.4 Å². The highest BCUT2D eigenvalue weighted by atomic mass is 16.5. The van der Waals surface area contributed by atoms with E-state index in [4.69, 9.17) is 9.47 Å². The summed E-state index contributed by atoms with van der Waals surface area (Å²) in [5.74, 6) is 0.705. The molecule has 4 rings (SSSR count).